The highest BCUT2D eigenvalue weighted by molar-refractivity contribution is 7.91. The summed E-state index contributed by atoms with van der Waals surface area (Å²) in [5.74, 6) is -2.46. The first kappa shape index (κ1) is 37.5. The minimum absolute atomic E-state index is 0.0459. The molecule has 0 bridgehead atoms. The summed E-state index contributed by atoms with van der Waals surface area (Å²) < 4.78 is 39.2. The second kappa shape index (κ2) is 14.1. The van der Waals surface area contributed by atoms with Gasteiger partial charge in [0.1, 0.15) is 23.2 Å². The number of nitrogens with one attached hydrogen (secondary N) is 3. The number of rotatable bonds is 12. The Labute approximate surface area is 298 Å². The second-order valence-electron chi connectivity index (χ2n) is 15.5. The van der Waals surface area contributed by atoms with Crippen molar-refractivity contribution in [1.29, 1.82) is 0 Å². The summed E-state index contributed by atoms with van der Waals surface area (Å²) in [6.45, 7) is 14.6. The Morgan fingerprint density at radius 2 is 1.82 bits per heavy atom. The number of benzene rings is 1. The fourth-order valence-electron chi connectivity index (χ4n) is 6.14. The second-order valence-corrected chi connectivity index (χ2v) is 18.4. The zero-order chi connectivity index (χ0) is 36.6. The molecule has 2 saturated carbocycles. The van der Waals surface area contributed by atoms with Crippen LogP contribution in [-0.2, 0) is 40.5 Å². The Hall–Kier alpha value is -3.75. The molecule has 1 aromatic heterocycles. The summed E-state index contributed by atoms with van der Waals surface area (Å²) in [6.07, 6.45) is 1.40. The standard InChI is InChI=1S/C36H48N4O8S2/c1-8-24-19-36(24,32(43)39-50(45,46)26-14-15-26)38-30(41)27-18-25(47-21-22-11-9-12-23(17-22)28-13-10-16-49-28)20-40(27)31(42)29(34(2,3)4)37-33(44)48-35(5,6)7/h8-13,16-17,24-27,29H,1,14-15,18-21H2,2-7H3,(H,37,44)(H,38,41)(H,39,43)/t24-,25-,27+,29-,36+/m1/s1. The van der Waals surface area contributed by atoms with E-state index in [1.54, 1.807) is 52.9 Å². The first-order chi connectivity index (χ1) is 23.3. The van der Waals surface area contributed by atoms with Crippen LogP contribution in [0.2, 0.25) is 0 Å². The Bertz CT molecular complexity index is 1730. The van der Waals surface area contributed by atoms with E-state index in [9.17, 15) is 27.6 Å². The van der Waals surface area contributed by atoms with Gasteiger partial charge in [0.2, 0.25) is 21.8 Å². The average molecular weight is 729 g/mol. The number of carbonyl (C=O) groups is 4. The summed E-state index contributed by atoms with van der Waals surface area (Å²) >= 11 is 1.63. The molecule has 0 spiro atoms. The number of hydrogen-bond acceptors (Lipinski definition) is 9. The Balaban J connectivity index is 1.38. The zero-order valence-corrected chi connectivity index (χ0v) is 31.1. The van der Waals surface area contributed by atoms with Crippen molar-refractivity contribution in [2.24, 2.45) is 11.3 Å². The molecule has 2 aliphatic carbocycles. The van der Waals surface area contributed by atoms with Crippen LogP contribution in [-0.4, -0.2) is 78.3 Å². The van der Waals surface area contributed by atoms with E-state index >= 15 is 0 Å². The number of thiophene rings is 1. The molecule has 0 radical (unpaired) electrons. The van der Waals surface area contributed by atoms with E-state index in [0.29, 0.717) is 12.8 Å². The zero-order valence-electron chi connectivity index (χ0n) is 29.5. The van der Waals surface area contributed by atoms with Crippen LogP contribution in [0.15, 0.2) is 54.4 Å². The fraction of sp³-hybridized carbons (Fsp3) is 0.556. The molecule has 272 valence electrons. The highest BCUT2D eigenvalue weighted by Gasteiger charge is 2.62. The summed E-state index contributed by atoms with van der Waals surface area (Å²) in [7, 11) is -3.87. The Kier molecular flexibility index (Phi) is 10.6. The molecule has 3 N–H and O–H groups in total. The van der Waals surface area contributed by atoms with Gasteiger partial charge >= 0.3 is 6.09 Å². The molecule has 0 unspecified atom stereocenters. The molecule has 12 nitrogen and oxygen atoms in total. The van der Waals surface area contributed by atoms with E-state index < -0.39 is 79.7 Å². The first-order valence-electron chi connectivity index (χ1n) is 16.9. The quantitative estimate of drug-likeness (QED) is 0.269. The van der Waals surface area contributed by atoms with Crippen LogP contribution in [0.4, 0.5) is 4.79 Å². The number of likely N-dealkylation sites (tertiary alicyclic amines) is 1. The van der Waals surface area contributed by atoms with Gasteiger partial charge in [-0.15, -0.1) is 17.9 Å². The van der Waals surface area contributed by atoms with E-state index in [-0.39, 0.29) is 26.0 Å². The molecule has 1 saturated heterocycles. The first-order valence-corrected chi connectivity index (χ1v) is 19.3. The van der Waals surface area contributed by atoms with Crippen molar-refractivity contribution >= 4 is 45.2 Å². The maximum absolute atomic E-state index is 14.4. The van der Waals surface area contributed by atoms with Gasteiger partial charge in [-0.2, -0.15) is 0 Å². The largest absolute Gasteiger partial charge is 0.444 e. The van der Waals surface area contributed by atoms with Crippen molar-refractivity contribution in [3.8, 4) is 10.4 Å². The molecule has 5 atom stereocenters. The third kappa shape index (κ3) is 8.75. The predicted octanol–water partition coefficient (Wildman–Crippen LogP) is 4.51. The fourth-order valence-corrected chi connectivity index (χ4v) is 8.23. The smallest absolute Gasteiger partial charge is 0.408 e. The molecular formula is C36H48N4O8S2. The maximum atomic E-state index is 14.4. The highest BCUT2D eigenvalue weighted by atomic mass is 32.2. The summed E-state index contributed by atoms with van der Waals surface area (Å²) in [6, 6.07) is 9.82. The van der Waals surface area contributed by atoms with Gasteiger partial charge in [-0.1, -0.05) is 51.1 Å². The maximum Gasteiger partial charge on any atom is 0.408 e. The average Bonchev–Trinajstić information content (AvgIpc) is 3.89. The number of ether oxygens (including phenoxy) is 2. The van der Waals surface area contributed by atoms with E-state index in [2.05, 4.69) is 21.9 Å². The van der Waals surface area contributed by atoms with Crippen LogP contribution in [0, 0.1) is 11.3 Å². The molecule has 5 rings (SSSR count). The van der Waals surface area contributed by atoms with Gasteiger partial charge in [0.25, 0.3) is 5.91 Å². The van der Waals surface area contributed by atoms with Crippen LogP contribution in [0.1, 0.15) is 72.8 Å². The van der Waals surface area contributed by atoms with Gasteiger partial charge in [-0.25, -0.2) is 13.2 Å². The van der Waals surface area contributed by atoms with Crippen molar-refractivity contribution in [3.63, 3.8) is 0 Å². The van der Waals surface area contributed by atoms with Gasteiger partial charge in [0.05, 0.1) is 18.0 Å². The Morgan fingerprint density at radius 1 is 1.10 bits per heavy atom. The third-order valence-corrected chi connectivity index (χ3v) is 11.8. The van der Waals surface area contributed by atoms with E-state index in [1.807, 2.05) is 41.8 Å². The van der Waals surface area contributed by atoms with Crippen molar-refractivity contribution in [3.05, 3.63) is 60.0 Å². The molecule has 14 heteroatoms. The lowest BCUT2D eigenvalue weighted by atomic mass is 9.85. The molecule has 1 aromatic carbocycles. The van der Waals surface area contributed by atoms with E-state index in [4.69, 9.17) is 9.47 Å². The van der Waals surface area contributed by atoms with Crippen LogP contribution in [0.3, 0.4) is 0 Å². The molecule has 1 aliphatic heterocycles. The molecule has 2 heterocycles. The minimum Gasteiger partial charge on any atom is -0.444 e. The SMILES string of the molecule is C=C[C@@H]1C[C@@]1(NC(=O)[C@@H]1C[C@@H](OCc2cccc(-c3cccs3)c2)CN1C(=O)[C@@H](NC(=O)OC(C)(C)C)C(C)(C)C)C(=O)NS(=O)(=O)C1CC1. The molecule has 4 amide bonds. The van der Waals surface area contributed by atoms with Gasteiger partial charge in [0, 0.05) is 23.8 Å². The third-order valence-electron chi connectivity index (χ3n) is 9.09. The number of sulfonamides is 1. The number of carbonyl (C=O) groups excluding carboxylic acids is 4. The minimum atomic E-state index is -3.87. The summed E-state index contributed by atoms with van der Waals surface area (Å²) in [5.41, 5.74) is -1.14. The van der Waals surface area contributed by atoms with Gasteiger partial charge in [0.15, 0.2) is 0 Å². The van der Waals surface area contributed by atoms with Crippen LogP contribution >= 0.6 is 11.3 Å². The van der Waals surface area contributed by atoms with Gasteiger partial charge in [-0.05, 0) is 74.1 Å². The molecule has 2 aromatic rings. The lowest BCUT2D eigenvalue weighted by Gasteiger charge is -2.36. The summed E-state index contributed by atoms with van der Waals surface area (Å²) in [4.78, 5) is 57.3. The topological polar surface area (TPSA) is 160 Å². The predicted molar refractivity (Wildman–Crippen MR) is 190 cm³/mol. The van der Waals surface area contributed by atoms with Crippen LogP contribution in [0.25, 0.3) is 10.4 Å². The van der Waals surface area contributed by atoms with Crippen LogP contribution in [0.5, 0.6) is 0 Å². The number of hydrogen-bond donors (Lipinski definition) is 3. The van der Waals surface area contributed by atoms with E-state index in [1.165, 1.54) is 11.0 Å². The molecule has 3 aliphatic rings. The van der Waals surface area contributed by atoms with Gasteiger partial charge < -0.3 is 25.0 Å². The summed E-state index contributed by atoms with van der Waals surface area (Å²) in [5, 5.41) is 6.89. The van der Waals surface area contributed by atoms with Crippen molar-refractivity contribution in [1.82, 2.24) is 20.3 Å². The van der Waals surface area contributed by atoms with E-state index in [0.717, 1.165) is 16.0 Å². The van der Waals surface area contributed by atoms with Crippen molar-refractivity contribution in [2.45, 2.75) is 108 Å². The lowest BCUT2D eigenvalue weighted by Crippen LogP contribution is -2.60. The number of amides is 4. The van der Waals surface area contributed by atoms with Gasteiger partial charge in [-0.3, -0.25) is 19.1 Å². The molecule has 3 fully saturated rings. The molecule has 50 heavy (non-hydrogen) atoms. The van der Waals surface area contributed by atoms with Crippen molar-refractivity contribution < 1.29 is 37.1 Å². The van der Waals surface area contributed by atoms with Crippen molar-refractivity contribution in [2.75, 3.05) is 6.54 Å². The normalized spacial score (nSPS) is 24.2. The lowest BCUT2D eigenvalue weighted by molar-refractivity contribution is -0.143. The van der Waals surface area contributed by atoms with Crippen LogP contribution < -0.4 is 15.4 Å². The highest BCUT2D eigenvalue weighted by Crippen LogP contribution is 2.45. The Morgan fingerprint density at radius 3 is 2.40 bits per heavy atom. The number of alkyl carbamates (subject to hydrolysis) is 1. The monoisotopic (exact) mass is 728 g/mol. The number of nitrogens with zero attached hydrogens (tertiary/aromatic N) is 1. The molecular weight excluding hydrogens is 681 g/mol.